The number of halogens is 1. The van der Waals surface area contributed by atoms with Crippen molar-refractivity contribution in [2.45, 2.75) is 42.6 Å². The highest BCUT2D eigenvalue weighted by Crippen LogP contribution is 2.50. The summed E-state index contributed by atoms with van der Waals surface area (Å²) in [6.07, 6.45) is 3.51. The summed E-state index contributed by atoms with van der Waals surface area (Å²) in [5.41, 5.74) is 0. The molecule has 0 amide bonds. The highest BCUT2D eigenvalue weighted by atomic mass is 79.9. The van der Waals surface area contributed by atoms with Gasteiger partial charge in [-0.1, -0.05) is 22.9 Å². The van der Waals surface area contributed by atoms with E-state index in [1.165, 1.54) is 0 Å². The van der Waals surface area contributed by atoms with E-state index < -0.39 is 9.84 Å². The molecular formula is C9H15BrO2S. The lowest BCUT2D eigenvalue weighted by molar-refractivity contribution is 0.342. The minimum atomic E-state index is -2.82. The third-order valence-corrected chi connectivity index (χ3v) is 7.89. The van der Waals surface area contributed by atoms with Gasteiger partial charge in [-0.25, -0.2) is 8.42 Å². The van der Waals surface area contributed by atoms with Gasteiger partial charge in [0.05, 0.1) is 10.00 Å². The Labute approximate surface area is 88.1 Å². The summed E-state index contributed by atoms with van der Waals surface area (Å²) in [5, 5.41) is 0.607. The van der Waals surface area contributed by atoms with Gasteiger partial charge in [0.25, 0.3) is 0 Å². The van der Waals surface area contributed by atoms with Gasteiger partial charge in [-0.05, 0) is 31.6 Å². The van der Waals surface area contributed by atoms with E-state index in [1.807, 2.05) is 0 Å². The van der Waals surface area contributed by atoms with E-state index in [0.29, 0.717) is 11.2 Å². The van der Waals surface area contributed by atoms with Crippen molar-refractivity contribution >= 4 is 25.8 Å². The molecule has 0 radical (unpaired) electrons. The Kier molecular flexibility index (Phi) is 2.27. The molecule has 0 N–H and O–H groups in total. The predicted octanol–water partition coefficient (Wildman–Crippen LogP) is 2.13. The predicted molar refractivity (Wildman–Crippen MR) is 56.9 cm³/mol. The molecule has 0 saturated heterocycles. The summed E-state index contributed by atoms with van der Waals surface area (Å²) in [4.78, 5) is 0. The zero-order valence-electron chi connectivity index (χ0n) is 7.79. The maximum Gasteiger partial charge on any atom is 0.159 e. The summed E-state index contributed by atoms with van der Waals surface area (Å²) < 4.78 is 23.7. The summed E-state index contributed by atoms with van der Waals surface area (Å²) in [5.74, 6) is 0.617. The van der Waals surface area contributed by atoms with Gasteiger partial charge in [0.15, 0.2) is 9.84 Å². The van der Waals surface area contributed by atoms with E-state index in [4.69, 9.17) is 0 Å². The Morgan fingerprint density at radius 2 is 1.92 bits per heavy atom. The first-order chi connectivity index (χ1) is 6.02. The standard InChI is InChI=1S/C9H15BrO2S/c1-7-4-8(5-7)13(11,12)9(6-10)2-3-9/h7-8H,2-6H2,1H3/t7-,8+. The van der Waals surface area contributed by atoms with Crippen molar-refractivity contribution in [3.8, 4) is 0 Å². The lowest BCUT2D eigenvalue weighted by atomic mass is 9.87. The van der Waals surface area contributed by atoms with E-state index in [2.05, 4.69) is 22.9 Å². The first-order valence-corrected chi connectivity index (χ1v) is 7.48. The topological polar surface area (TPSA) is 34.1 Å². The maximum absolute atomic E-state index is 12.0. The molecule has 2 fully saturated rings. The van der Waals surface area contributed by atoms with Crippen LogP contribution in [0.4, 0.5) is 0 Å². The fraction of sp³-hybridized carbons (Fsp3) is 1.00. The van der Waals surface area contributed by atoms with E-state index in [-0.39, 0.29) is 10.00 Å². The number of alkyl halides is 1. The third kappa shape index (κ3) is 1.37. The molecule has 0 aromatic heterocycles. The van der Waals surface area contributed by atoms with Crippen LogP contribution < -0.4 is 0 Å². The van der Waals surface area contributed by atoms with Gasteiger partial charge in [-0.3, -0.25) is 0 Å². The molecule has 0 heterocycles. The average Bonchev–Trinajstić information content (AvgIpc) is 2.78. The van der Waals surface area contributed by atoms with Crippen LogP contribution in [0.25, 0.3) is 0 Å². The Morgan fingerprint density at radius 3 is 2.23 bits per heavy atom. The summed E-state index contributed by atoms with van der Waals surface area (Å²) in [6, 6.07) is 0. The molecule has 2 saturated carbocycles. The lowest BCUT2D eigenvalue weighted by Gasteiger charge is -2.34. The molecule has 0 atom stereocenters. The highest BCUT2D eigenvalue weighted by molar-refractivity contribution is 9.09. The SMILES string of the molecule is C[C@H]1C[C@@H](S(=O)(=O)C2(CBr)CC2)C1. The van der Waals surface area contributed by atoms with Crippen LogP contribution in [0.1, 0.15) is 32.6 Å². The second-order valence-electron chi connectivity index (χ2n) is 4.56. The molecule has 4 heteroatoms. The second kappa shape index (κ2) is 2.96. The fourth-order valence-corrected chi connectivity index (χ4v) is 6.28. The molecule has 76 valence electrons. The van der Waals surface area contributed by atoms with Gasteiger partial charge in [0.2, 0.25) is 0 Å². The molecule has 13 heavy (non-hydrogen) atoms. The van der Waals surface area contributed by atoms with Gasteiger partial charge < -0.3 is 0 Å². The van der Waals surface area contributed by atoms with E-state index in [0.717, 1.165) is 25.7 Å². The molecule has 0 aromatic carbocycles. The van der Waals surface area contributed by atoms with Crippen LogP contribution >= 0.6 is 15.9 Å². The molecule has 2 aliphatic carbocycles. The van der Waals surface area contributed by atoms with Gasteiger partial charge in [0, 0.05) is 5.33 Å². The molecule has 2 nitrogen and oxygen atoms in total. The molecule has 0 unspecified atom stereocenters. The molecule has 2 aliphatic rings. The van der Waals surface area contributed by atoms with Crippen molar-refractivity contribution in [2.24, 2.45) is 5.92 Å². The molecule has 2 rings (SSSR count). The van der Waals surface area contributed by atoms with Crippen molar-refractivity contribution in [2.75, 3.05) is 5.33 Å². The Balaban J connectivity index is 2.13. The first kappa shape index (κ1) is 9.97. The number of hydrogen-bond acceptors (Lipinski definition) is 2. The van der Waals surface area contributed by atoms with Gasteiger partial charge in [-0.2, -0.15) is 0 Å². The van der Waals surface area contributed by atoms with Gasteiger partial charge in [0.1, 0.15) is 0 Å². The van der Waals surface area contributed by atoms with Gasteiger partial charge in [-0.15, -0.1) is 0 Å². The van der Waals surface area contributed by atoms with E-state index in [9.17, 15) is 8.42 Å². The molecular weight excluding hydrogens is 252 g/mol. The van der Waals surface area contributed by atoms with Crippen molar-refractivity contribution in [3.05, 3.63) is 0 Å². The summed E-state index contributed by atoms with van der Waals surface area (Å²) in [6.45, 7) is 2.12. The number of sulfone groups is 1. The Bertz CT molecular complexity index is 300. The molecule has 0 aliphatic heterocycles. The lowest BCUT2D eigenvalue weighted by Crippen LogP contribution is -2.42. The van der Waals surface area contributed by atoms with Crippen LogP contribution in [0.2, 0.25) is 0 Å². The highest BCUT2D eigenvalue weighted by Gasteiger charge is 2.57. The van der Waals surface area contributed by atoms with E-state index in [1.54, 1.807) is 0 Å². The van der Waals surface area contributed by atoms with Crippen LogP contribution in [0.15, 0.2) is 0 Å². The van der Waals surface area contributed by atoms with Crippen molar-refractivity contribution in [3.63, 3.8) is 0 Å². The van der Waals surface area contributed by atoms with Crippen LogP contribution in [-0.4, -0.2) is 23.7 Å². The first-order valence-electron chi connectivity index (χ1n) is 4.81. The normalized spacial score (nSPS) is 36.8. The Morgan fingerprint density at radius 1 is 1.38 bits per heavy atom. The third-order valence-electron chi connectivity index (χ3n) is 3.42. The number of hydrogen-bond donors (Lipinski definition) is 0. The van der Waals surface area contributed by atoms with Crippen LogP contribution in [-0.2, 0) is 9.84 Å². The fourth-order valence-electron chi connectivity index (χ4n) is 2.07. The largest absolute Gasteiger partial charge is 0.228 e. The number of rotatable bonds is 3. The smallest absolute Gasteiger partial charge is 0.159 e. The van der Waals surface area contributed by atoms with Crippen molar-refractivity contribution < 1.29 is 8.42 Å². The quantitative estimate of drug-likeness (QED) is 0.734. The van der Waals surface area contributed by atoms with Crippen molar-refractivity contribution in [1.29, 1.82) is 0 Å². The summed E-state index contributed by atoms with van der Waals surface area (Å²) in [7, 11) is -2.82. The molecule has 0 spiro atoms. The minimum Gasteiger partial charge on any atom is -0.228 e. The van der Waals surface area contributed by atoms with Crippen LogP contribution in [0.3, 0.4) is 0 Å². The molecule has 0 aromatic rings. The summed E-state index contributed by atoms with van der Waals surface area (Å²) >= 11 is 3.33. The maximum atomic E-state index is 12.0. The minimum absolute atomic E-state index is 0.0254. The Hall–Kier alpha value is 0.430. The van der Waals surface area contributed by atoms with Crippen LogP contribution in [0, 0.1) is 5.92 Å². The second-order valence-corrected chi connectivity index (χ2v) is 7.74. The van der Waals surface area contributed by atoms with Crippen LogP contribution in [0.5, 0.6) is 0 Å². The van der Waals surface area contributed by atoms with Gasteiger partial charge >= 0.3 is 0 Å². The monoisotopic (exact) mass is 266 g/mol. The zero-order chi connectivity index (χ0) is 9.69. The average molecular weight is 267 g/mol. The zero-order valence-corrected chi connectivity index (χ0v) is 10.2. The van der Waals surface area contributed by atoms with Crippen molar-refractivity contribution in [1.82, 2.24) is 0 Å². The van der Waals surface area contributed by atoms with E-state index >= 15 is 0 Å². The molecule has 0 bridgehead atoms.